The lowest BCUT2D eigenvalue weighted by atomic mass is 10.0. The third-order valence-electron chi connectivity index (χ3n) is 2.80. The predicted molar refractivity (Wildman–Crippen MR) is 61.1 cm³/mol. The Hall–Kier alpha value is -1.76. The summed E-state index contributed by atoms with van der Waals surface area (Å²) in [6.45, 7) is 0.827. The molecular weight excluding hydrogens is 184 g/mol. The molecule has 0 fully saturated rings. The van der Waals surface area contributed by atoms with Crippen LogP contribution in [0.25, 0.3) is 11.1 Å². The zero-order valence-electron chi connectivity index (χ0n) is 8.44. The molecule has 0 aliphatic carbocycles. The molecule has 74 valence electrons. The number of rotatable bonds is 1. The first-order valence-electron chi connectivity index (χ1n) is 5.25. The summed E-state index contributed by atoms with van der Waals surface area (Å²) in [5.41, 5.74) is 3.88. The fourth-order valence-corrected chi connectivity index (χ4v) is 2.00. The van der Waals surface area contributed by atoms with Gasteiger partial charge in [-0.2, -0.15) is 0 Å². The molecule has 1 heteroatoms. The van der Waals surface area contributed by atoms with Gasteiger partial charge in [-0.3, -0.25) is 0 Å². The molecule has 2 aromatic carbocycles. The molecule has 3 rings (SSSR count). The van der Waals surface area contributed by atoms with Crippen LogP contribution < -0.4 is 4.74 Å². The molecule has 1 nitrogen and oxygen atoms in total. The summed E-state index contributed by atoms with van der Waals surface area (Å²) >= 11 is 0. The maximum Gasteiger partial charge on any atom is 0.122 e. The van der Waals surface area contributed by atoms with E-state index in [1.807, 2.05) is 6.07 Å². The van der Waals surface area contributed by atoms with Gasteiger partial charge in [0.15, 0.2) is 0 Å². The van der Waals surface area contributed by atoms with E-state index in [-0.39, 0.29) is 0 Å². The monoisotopic (exact) mass is 196 g/mol. The fourth-order valence-electron chi connectivity index (χ4n) is 2.00. The van der Waals surface area contributed by atoms with E-state index in [0.717, 1.165) is 18.8 Å². The fraction of sp³-hybridized carbons (Fsp3) is 0.143. The topological polar surface area (TPSA) is 9.23 Å². The van der Waals surface area contributed by atoms with Gasteiger partial charge in [0.25, 0.3) is 0 Å². The molecule has 0 unspecified atom stereocenters. The molecule has 1 heterocycles. The van der Waals surface area contributed by atoms with E-state index >= 15 is 0 Å². The molecule has 0 bridgehead atoms. The first-order chi connectivity index (χ1) is 7.43. The van der Waals surface area contributed by atoms with Crippen molar-refractivity contribution >= 4 is 0 Å². The van der Waals surface area contributed by atoms with Gasteiger partial charge < -0.3 is 4.74 Å². The van der Waals surface area contributed by atoms with Gasteiger partial charge in [-0.1, -0.05) is 36.4 Å². The summed E-state index contributed by atoms with van der Waals surface area (Å²) in [5, 5.41) is 0. The van der Waals surface area contributed by atoms with Crippen molar-refractivity contribution < 1.29 is 4.74 Å². The second kappa shape index (κ2) is 3.43. The van der Waals surface area contributed by atoms with E-state index in [1.165, 1.54) is 16.7 Å². The van der Waals surface area contributed by atoms with Crippen LogP contribution >= 0.6 is 0 Å². The van der Waals surface area contributed by atoms with Gasteiger partial charge in [0.1, 0.15) is 5.75 Å². The lowest BCUT2D eigenvalue weighted by Gasteiger charge is -2.03. The lowest BCUT2D eigenvalue weighted by molar-refractivity contribution is 0.357. The van der Waals surface area contributed by atoms with E-state index in [9.17, 15) is 0 Å². The van der Waals surface area contributed by atoms with Crippen molar-refractivity contribution in [2.24, 2.45) is 0 Å². The van der Waals surface area contributed by atoms with E-state index in [2.05, 4.69) is 42.5 Å². The zero-order chi connectivity index (χ0) is 10.1. The summed E-state index contributed by atoms with van der Waals surface area (Å²) < 4.78 is 5.49. The quantitative estimate of drug-likeness (QED) is 0.680. The highest BCUT2D eigenvalue weighted by molar-refractivity contribution is 5.65. The van der Waals surface area contributed by atoms with Crippen LogP contribution in [-0.4, -0.2) is 6.61 Å². The van der Waals surface area contributed by atoms with Crippen LogP contribution in [0.2, 0.25) is 0 Å². The second-order valence-corrected chi connectivity index (χ2v) is 3.79. The van der Waals surface area contributed by atoms with E-state index < -0.39 is 0 Å². The van der Waals surface area contributed by atoms with Crippen LogP contribution in [0.3, 0.4) is 0 Å². The predicted octanol–water partition coefficient (Wildman–Crippen LogP) is 3.29. The van der Waals surface area contributed by atoms with Crippen molar-refractivity contribution in [3.63, 3.8) is 0 Å². The molecule has 0 spiro atoms. The van der Waals surface area contributed by atoms with E-state index in [0.29, 0.717) is 0 Å². The van der Waals surface area contributed by atoms with E-state index in [1.54, 1.807) is 0 Å². The third-order valence-corrected chi connectivity index (χ3v) is 2.80. The first-order valence-corrected chi connectivity index (χ1v) is 5.25. The van der Waals surface area contributed by atoms with Gasteiger partial charge in [-0.25, -0.2) is 0 Å². The van der Waals surface area contributed by atoms with Crippen LogP contribution in [0, 0.1) is 0 Å². The van der Waals surface area contributed by atoms with Crippen LogP contribution in [-0.2, 0) is 6.42 Å². The molecule has 2 aromatic rings. The molecular formula is C14H12O. The SMILES string of the molecule is c1ccc(-c2ccc3c(c2)CCO3)cc1. The Balaban J connectivity index is 2.07. The van der Waals surface area contributed by atoms with Crippen LogP contribution in [0.1, 0.15) is 5.56 Å². The van der Waals surface area contributed by atoms with Crippen molar-refractivity contribution in [3.8, 4) is 16.9 Å². The minimum absolute atomic E-state index is 0.827. The van der Waals surface area contributed by atoms with Crippen molar-refractivity contribution in [3.05, 3.63) is 54.1 Å². The minimum atomic E-state index is 0.827. The van der Waals surface area contributed by atoms with Gasteiger partial charge in [0, 0.05) is 6.42 Å². The molecule has 0 aromatic heterocycles. The van der Waals surface area contributed by atoms with Crippen molar-refractivity contribution in [1.29, 1.82) is 0 Å². The van der Waals surface area contributed by atoms with Gasteiger partial charge in [-0.05, 0) is 28.8 Å². The summed E-state index contributed by atoms with van der Waals surface area (Å²) in [7, 11) is 0. The van der Waals surface area contributed by atoms with Gasteiger partial charge >= 0.3 is 0 Å². The maximum atomic E-state index is 5.49. The number of hydrogen-bond donors (Lipinski definition) is 0. The number of benzene rings is 2. The lowest BCUT2D eigenvalue weighted by Crippen LogP contribution is -1.85. The highest BCUT2D eigenvalue weighted by Crippen LogP contribution is 2.30. The molecule has 15 heavy (non-hydrogen) atoms. The standard InChI is InChI=1S/C14H12O/c1-2-4-11(5-3-1)12-6-7-14-13(10-12)8-9-15-14/h1-7,10H,8-9H2. The molecule has 1 aliphatic heterocycles. The maximum absolute atomic E-state index is 5.49. The average molecular weight is 196 g/mol. The Morgan fingerprint density at radius 3 is 2.60 bits per heavy atom. The zero-order valence-corrected chi connectivity index (χ0v) is 8.44. The summed E-state index contributed by atoms with van der Waals surface area (Å²) in [6, 6.07) is 16.9. The first kappa shape index (κ1) is 8.54. The molecule has 0 N–H and O–H groups in total. The molecule has 0 atom stereocenters. The van der Waals surface area contributed by atoms with Crippen LogP contribution in [0.15, 0.2) is 48.5 Å². The highest BCUT2D eigenvalue weighted by Gasteiger charge is 2.12. The minimum Gasteiger partial charge on any atom is -0.493 e. The van der Waals surface area contributed by atoms with Crippen molar-refractivity contribution in [2.75, 3.05) is 6.61 Å². The van der Waals surface area contributed by atoms with Crippen LogP contribution in [0.4, 0.5) is 0 Å². The molecule has 1 aliphatic rings. The summed E-state index contributed by atoms with van der Waals surface area (Å²) in [4.78, 5) is 0. The Bertz CT molecular complexity index is 474. The van der Waals surface area contributed by atoms with Gasteiger partial charge in [0.2, 0.25) is 0 Å². The van der Waals surface area contributed by atoms with Gasteiger partial charge in [0.05, 0.1) is 6.61 Å². The van der Waals surface area contributed by atoms with Gasteiger partial charge in [-0.15, -0.1) is 0 Å². The number of hydrogen-bond acceptors (Lipinski definition) is 1. The molecule has 0 radical (unpaired) electrons. The molecule has 0 saturated heterocycles. The number of ether oxygens (including phenoxy) is 1. The Labute approximate surface area is 89.3 Å². The van der Waals surface area contributed by atoms with Crippen molar-refractivity contribution in [1.82, 2.24) is 0 Å². The molecule has 0 saturated carbocycles. The van der Waals surface area contributed by atoms with Crippen LogP contribution in [0.5, 0.6) is 5.75 Å². The second-order valence-electron chi connectivity index (χ2n) is 3.79. The smallest absolute Gasteiger partial charge is 0.122 e. The third kappa shape index (κ3) is 1.50. The van der Waals surface area contributed by atoms with Crippen molar-refractivity contribution in [2.45, 2.75) is 6.42 Å². The highest BCUT2D eigenvalue weighted by atomic mass is 16.5. The summed E-state index contributed by atoms with van der Waals surface area (Å²) in [5.74, 6) is 1.05. The average Bonchev–Trinajstić information content (AvgIpc) is 2.77. The van der Waals surface area contributed by atoms with E-state index in [4.69, 9.17) is 4.74 Å². The Morgan fingerprint density at radius 2 is 1.73 bits per heavy atom. The number of fused-ring (bicyclic) bond motifs is 1. The summed E-state index contributed by atoms with van der Waals surface area (Å²) in [6.07, 6.45) is 1.04. The molecule has 0 amide bonds. The largest absolute Gasteiger partial charge is 0.493 e. The Kier molecular flexibility index (Phi) is 1.95. The normalized spacial score (nSPS) is 13.3. The Morgan fingerprint density at radius 1 is 0.867 bits per heavy atom.